The van der Waals surface area contributed by atoms with Gasteiger partial charge >= 0.3 is 6.03 Å². The molecule has 17 heteroatoms. The molecule has 17 nitrogen and oxygen atoms in total. The van der Waals surface area contributed by atoms with Crippen LogP contribution in [0.15, 0.2) is 48.8 Å². The topological polar surface area (TPSA) is 172 Å². The van der Waals surface area contributed by atoms with Crippen LogP contribution in [0.1, 0.15) is 88.6 Å². The number of rotatable bonds is 9. The zero-order valence-electron chi connectivity index (χ0n) is 33.3. The lowest BCUT2D eigenvalue weighted by Crippen LogP contribution is -2.58. The molecule has 1 aliphatic carbocycles. The van der Waals surface area contributed by atoms with Gasteiger partial charge in [0.2, 0.25) is 11.9 Å². The molecule has 2 bridgehead atoms. The van der Waals surface area contributed by atoms with Crippen LogP contribution >= 0.6 is 0 Å². The van der Waals surface area contributed by atoms with Gasteiger partial charge in [-0.05, 0) is 74.4 Å². The molecule has 8 heterocycles. The zero-order valence-corrected chi connectivity index (χ0v) is 33.3. The maximum Gasteiger partial charge on any atom is 0.343 e. The van der Waals surface area contributed by atoms with Gasteiger partial charge in [0.05, 0.1) is 29.6 Å². The molecular weight excluding hydrogens is 753 g/mol. The number of hydrazine groups is 1. The van der Waals surface area contributed by atoms with Crippen LogP contribution in [-0.2, 0) is 4.79 Å². The molecule has 2 N–H and O–H groups in total. The Hall–Kier alpha value is -6.10. The SMILES string of the molecule is CN(C)C(=O)c1cc2cnc(Nc3ccc(N4CCC(CN5C[C@H]6C[C@@H]5CN6c5ccc6c(c5)C(=O)N(N5CCC(=O)NC5=O)C6=O)CC4)cn3)nc2n1C1CCCC1. The van der Waals surface area contributed by atoms with Crippen molar-refractivity contribution in [3.8, 4) is 0 Å². The molecule has 4 saturated heterocycles. The predicted octanol–water partition coefficient (Wildman–Crippen LogP) is 4.02. The van der Waals surface area contributed by atoms with Crippen molar-refractivity contribution in [3.63, 3.8) is 0 Å². The van der Waals surface area contributed by atoms with E-state index in [1.54, 1.807) is 37.3 Å². The second kappa shape index (κ2) is 14.6. The Morgan fingerprint density at radius 3 is 2.34 bits per heavy atom. The summed E-state index contributed by atoms with van der Waals surface area (Å²) in [4.78, 5) is 86.9. The van der Waals surface area contributed by atoms with Gasteiger partial charge < -0.3 is 24.6 Å². The number of nitrogens with zero attached hydrogens (tertiary/aromatic N) is 10. The number of hydrogen-bond acceptors (Lipinski definition) is 12. The Bertz CT molecular complexity index is 2370. The van der Waals surface area contributed by atoms with E-state index in [0.717, 1.165) is 110 Å². The molecule has 3 aromatic heterocycles. The fourth-order valence-corrected chi connectivity index (χ4v) is 10.1. The van der Waals surface area contributed by atoms with E-state index in [4.69, 9.17) is 9.97 Å². The van der Waals surface area contributed by atoms with E-state index in [-0.39, 0.29) is 36.0 Å². The van der Waals surface area contributed by atoms with Gasteiger partial charge in [0.1, 0.15) is 17.2 Å². The van der Waals surface area contributed by atoms with Crippen LogP contribution in [0.3, 0.4) is 0 Å². The number of imide groups is 2. The number of piperidine rings is 1. The molecular formula is C42H48N12O5. The number of carbonyl (C=O) groups excluding carboxylic acids is 5. The number of urea groups is 1. The van der Waals surface area contributed by atoms with Crippen molar-refractivity contribution in [3.05, 3.63) is 65.6 Å². The third-order valence-corrected chi connectivity index (χ3v) is 13.2. The first-order chi connectivity index (χ1) is 28.6. The molecule has 4 aromatic rings. The summed E-state index contributed by atoms with van der Waals surface area (Å²) in [6.45, 7) is 4.79. The minimum absolute atomic E-state index is 0.0223. The highest BCUT2D eigenvalue weighted by Gasteiger charge is 2.46. The van der Waals surface area contributed by atoms with Gasteiger partial charge in [-0.15, -0.1) is 0 Å². The molecule has 306 valence electrons. The fraction of sp³-hybridized carbons (Fsp3) is 0.476. The van der Waals surface area contributed by atoms with Crippen LogP contribution in [0.4, 0.5) is 27.9 Å². The molecule has 2 atom stereocenters. The van der Waals surface area contributed by atoms with Crippen LogP contribution in [-0.4, -0.2) is 134 Å². The zero-order chi connectivity index (χ0) is 40.5. The minimum atomic E-state index is -0.764. The smallest absolute Gasteiger partial charge is 0.343 e. The maximum absolute atomic E-state index is 13.4. The number of amides is 6. The number of aromatic nitrogens is 4. The standard InChI is InChI=1S/C42H48N12O5/c1-48(2)40(58)34-17-26-20-44-41(47-37(26)53(34)27-5-3-4-6-27)45-35-10-8-29(21-43-35)49-14-11-25(12-15-49)22-50-23-31-18-30(50)24-51(31)28-7-9-32-33(19-28)39(57)54(38(32)56)52-16-13-36(55)46-42(52)59/h7-10,17,19-21,25,27,30-31H,3-6,11-16,18,22-24H2,1-2H3,(H,46,55,59)(H,43,44,45,47)/t30-,31-/m1/s1. The Morgan fingerprint density at radius 2 is 1.63 bits per heavy atom. The van der Waals surface area contributed by atoms with Crippen molar-refractivity contribution in [1.29, 1.82) is 0 Å². The summed E-state index contributed by atoms with van der Waals surface area (Å²) in [6.07, 6.45) is 11.4. The first kappa shape index (κ1) is 37.2. The molecule has 0 unspecified atom stereocenters. The van der Waals surface area contributed by atoms with E-state index in [0.29, 0.717) is 35.5 Å². The molecule has 6 aliphatic rings. The maximum atomic E-state index is 13.4. The number of benzene rings is 1. The molecule has 59 heavy (non-hydrogen) atoms. The average Bonchev–Trinajstić information content (AvgIpc) is 4.08. The number of likely N-dealkylation sites (tertiary alicyclic amines) is 1. The largest absolute Gasteiger partial charge is 0.370 e. The molecule has 5 aliphatic heterocycles. The monoisotopic (exact) mass is 800 g/mol. The van der Waals surface area contributed by atoms with Crippen LogP contribution in [0.25, 0.3) is 11.0 Å². The van der Waals surface area contributed by atoms with Gasteiger partial charge in [0, 0.05) is 88.6 Å². The summed E-state index contributed by atoms with van der Waals surface area (Å²) >= 11 is 0. The van der Waals surface area contributed by atoms with Crippen LogP contribution < -0.4 is 20.4 Å². The summed E-state index contributed by atoms with van der Waals surface area (Å²) < 4.78 is 2.12. The number of piperazine rings is 1. The Kier molecular flexibility index (Phi) is 9.22. The summed E-state index contributed by atoms with van der Waals surface area (Å²) in [6, 6.07) is 11.6. The van der Waals surface area contributed by atoms with E-state index < -0.39 is 23.8 Å². The third-order valence-electron chi connectivity index (χ3n) is 13.2. The number of fused-ring (bicyclic) bond motifs is 4. The average molecular weight is 801 g/mol. The van der Waals surface area contributed by atoms with Crippen molar-refractivity contribution < 1.29 is 24.0 Å². The van der Waals surface area contributed by atoms with Crippen molar-refractivity contribution in [2.75, 3.05) is 68.5 Å². The highest BCUT2D eigenvalue weighted by atomic mass is 16.2. The lowest BCUT2D eigenvalue weighted by molar-refractivity contribution is -0.122. The Morgan fingerprint density at radius 1 is 0.847 bits per heavy atom. The highest BCUT2D eigenvalue weighted by molar-refractivity contribution is 6.22. The number of hydrogen-bond donors (Lipinski definition) is 2. The summed E-state index contributed by atoms with van der Waals surface area (Å²) in [5, 5.41) is 8.22. The predicted molar refractivity (Wildman–Crippen MR) is 218 cm³/mol. The summed E-state index contributed by atoms with van der Waals surface area (Å²) in [7, 11) is 3.56. The quantitative estimate of drug-likeness (QED) is 0.234. The number of pyridine rings is 1. The molecule has 1 saturated carbocycles. The Balaban J connectivity index is 0.728. The fourth-order valence-electron chi connectivity index (χ4n) is 10.1. The number of anilines is 4. The Labute approximate surface area is 341 Å². The minimum Gasteiger partial charge on any atom is -0.370 e. The van der Waals surface area contributed by atoms with E-state index in [9.17, 15) is 24.0 Å². The molecule has 5 fully saturated rings. The van der Waals surface area contributed by atoms with E-state index in [1.807, 2.05) is 24.4 Å². The molecule has 1 aromatic carbocycles. The van der Waals surface area contributed by atoms with Crippen molar-refractivity contribution in [2.45, 2.75) is 69.5 Å². The van der Waals surface area contributed by atoms with Crippen molar-refractivity contribution >= 4 is 63.8 Å². The van der Waals surface area contributed by atoms with Crippen molar-refractivity contribution in [2.24, 2.45) is 5.92 Å². The van der Waals surface area contributed by atoms with Gasteiger partial charge in [0.25, 0.3) is 17.7 Å². The van der Waals surface area contributed by atoms with Crippen molar-refractivity contribution in [1.82, 2.24) is 44.7 Å². The van der Waals surface area contributed by atoms with Crippen LogP contribution in [0.5, 0.6) is 0 Å². The summed E-state index contributed by atoms with van der Waals surface area (Å²) in [5.74, 6) is 0.174. The summed E-state index contributed by atoms with van der Waals surface area (Å²) in [5.41, 5.74) is 3.99. The second-order valence-corrected chi connectivity index (χ2v) is 17.0. The van der Waals surface area contributed by atoms with Gasteiger partial charge in [0.15, 0.2) is 0 Å². The number of nitrogens with one attached hydrogen (secondary N) is 2. The normalized spacial score (nSPS) is 22.6. The van der Waals surface area contributed by atoms with Crippen LogP contribution in [0, 0.1) is 5.92 Å². The lowest BCUT2D eigenvalue weighted by atomic mass is 9.95. The first-order valence-corrected chi connectivity index (χ1v) is 20.8. The van der Waals surface area contributed by atoms with Crippen LogP contribution in [0.2, 0.25) is 0 Å². The van der Waals surface area contributed by atoms with E-state index in [2.05, 4.69) is 41.0 Å². The van der Waals surface area contributed by atoms with Gasteiger partial charge in [-0.25, -0.2) is 19.8 Å². The second-order valence-electron chi connectivity index (χ2n) is 17.0. The molecule has 6 amide bonds. The van der Waals surface area contributed by atoms with Gasteiger partial charge in [-0.3, -0.25) is 29.4 Å². The number of carbonyl (C=O) groups is 5. The van der Waals surface area contributed by atoms with E-state index >= 15 is 0 Å². The molecule has 0 radical (unpaired) electrons. The van der Waals surface area contributed by atoms with Gasteiger partial charge in [-0.2, -0.15) is 9.99 Å². The first-order valence-electron chi connectivity index (χ1n) is 20.8. The molecule has 10 rings (SSSR count). The lowest BCUT2D eigenvalue weighted by Gasteiger charge is -2.39. The molecule has 0 spiro atoms. The van der Waals surface area contributed by atoms with Gasteiger partial charge in [-0.1, -0.05) is 12.8 Å². The third kappa shape index (κ3) is 6.60. The van der Waals surface area contributed by atoms with E-state index in [1.165, 1.54) is 0 Å². The highest BCUT2D eigenvalue weighted by Crippen LogP contribution is 2.39.